The van der Waals surface area contributed by atoms with E-state index in [1.165, 1.54) is 11.6 Å². The van der Waals surface area contributed by atoms with Crippen LogP contribution in [0.2, 0.25) is 0 Å². The molecule has 0 fully saturated rings. The smallest absolute Gasteiger partial charge is 0.244 e. The first-order valence-corrected chi connectivity index (χ1v) is 7.57. The second kappa shape index (κ2) is 6.57. The molecular formula is C19H19NO3. The topological polar surface area (TPSA) is 47.6 Å². The molecule has 1 amide bonds. The van der Waals surface area contributed by atoms with Gasteiger partial charge in [-0.05, 0) is 48.7 Å². The van der Waals surface area contributed by atoms with Crippen molar-refractivity contribution >= 4 is 12.0 Å². The maximum Gasteiger partial charge on any atom is 0.244 e. The summed E-state index contributed by atoms with van der Waals surface area (Å²) in [6.45, 7) is 4.27. The van der Waals surface area contributed by atoms with Crippen molar-refractivity contribution in [1.82, 2.24) is 5.32 Å². The van der Waals surface area contributed by atoms with Gasteiger partial charge in [-0.3, -0.25) is 4.79 Å². The Morgan fingerprint density at radius 3 is 2.78 bits per heavy atom. The Balaban J connectivity index is 1.64. The van der Waals surface area contributed by atoms with Gasteiger partial charge in [0.25, 0.3) is 0 Å². The van der Waals surface area contributed by atoms with Crippen molar-refractivity contribution < 1.29 is 14.3 Å². The number of aryl methyl sites for hydroxylation is 1. The van der Waals surface area contributed by atoms with Gasteiger partial charge in [-0.2, -0.15) is 0 Å². The average molecular weight is 309 g/mol. The fraction of sp³-hybridized carbons (Fsp3) is 0.211. The molecule has 4 nitrogen and oxygen atoms in total. The lowest BCUT2D eigenvalue weighted by Gasteiger charge is -2.15. The van der Waals surface area contributed by atoms with Crippen LogP contribution in [0.3, 0.4) is 0 Å². The zero-order chi connectivity index (χ0) is 16.2. The number of hydrogen-bond acceptors (Lipinski definition) is 3. The lowest BCUT2D eigenvalue weighted by molar-refractivity contribution is -0.117. The summed E-state index contributed by atoms with van der Waals surface area (Å²) in [5.74, 6) is 1.32. The van der Waals surface area contributed by atoms with E-state index in [0.717, 1.165) is 16.9 Å². The van der Waals surface area contributed by atoms with Gasteiger partial charge < -0.3 is 14.8 Å². The third-order valence-corrected chi connectivity index (χ3v) is 3.84. The number of rotatable bonds is 4. The van der Waals surface area contributed by atoms with Crippen LogP contribution in [0.15, 0.2) is 48.5 Å². The minimum atomic E-state index is -0.126. The van der Waals surface area contributed by atoms with Crippen LogP contribution >= 0.6 is 0 Å². The third-order valence-electron chi connectivity index (χ3n) is 3.84. The maximum absolute atomic E-state index is 12.1. The number of amides is 1. The minimum Gasteiger partial charge on any atom is -0.454 e. The molecule has 23 heavy (non-hydrogen) atoms. The van der Waals surface area contributed by atoms with Gasteiger partial charge in [-0.1, -0.05) is 30.3 Å². The summed E-state index contributed by atoms with van der Waals surface area (Å²) in [6, 6.07) is 13.6. The largest absolute Gasteiger partial charge is 0.454 e. The lowest BCUT2D eigenvalue weighted by atomic mass is 10.0. The van der Waals surface area contributed by atoms with Gasteiger partial charge in [-0.25, -0.2) is 0 Å². The highest BCUT2D eigenvalue weighted by Crippen LogP contribution is 2.32. The minimum absolute atomic E-state index is 0.0369. The molecule has 1 unspecified atom stereocenters. The number of carbonyl (C=O) groups is 1. The first-order chi connectivity index (χ1) is 11.1. The Hall–Kier alpha value is -2.75. The van der Waals surface area contributed by atoms with Gasteiger partial charge in [0.05, 0.1) is 6.04 Å². The molecule has 4 heteroatoms. The molecule has 3 rings (SSSR count). The fourth-order valence-electron chi connectivity index (χ4n) is 2.60. The van der Waals surface area contributed by atoms with Crippen molar-refractivity contribution in [2.24, 2.45) is 0 Å². The van der Waals surface area contributed by atoms with E-state index in [-0.39, 0.29) is 18.7 Å². The third kappa shape index (κ3) is 3.54. The molecule has 0 saturated carbocycles. The zero-order valence-corrected chi connectivity index (χ0v) is 13.2. The lowest BCUT2D eigenvalue weighted by Crippen LogP contribution is -2.25. The van der Waals surface area contributed by atoms with Gasteiger partial charge >= 0.3 is 0 Å². The first-order valence-electron chi connectivity index (χ1n) is 7.57. The monoisotopic (exact) mass is 309 g/mol. The Labute approximate surface area is 135 Å². The van der Waals surface area contributed by atoms with E-state index in [1.807, 2.05) is 56.3 Å². The summed E-state index contributed by atoms with van der Waals surface area (Å²) in [6.07, 6.45) is 3.30. The standard InChI is InChI=1S/C19H19NO3/c1-13-5-3-4-6-16(13)14(2)20-19(21)10-8-15-7-9-17-18(11-15)23-12-22-17/h3-11,14H,12H2,1-2H3,(H,20,21)/b10-8+. The van der Waals surface area contributed by atoms with Crippen LogP contribution in [0, 0.1) is 6.92 Å². The first kappa shape index (κ1) is 15.2. The van der Waals surface area contributed by atoms with E-state index in [9.17, 15) is 4.79 Å². The van der Waals surface area contributed by atoms with Crippen molar-refractivity contribution in [1.29, 1.82) is 0 Å². The van der Waals surface area contributed by atoms with Crippen LogP contribution in [0.5, 0.6) is 11.5 Å². The predicted molar refractivity (Wildman–Crippen MR) is 89.3 cm³/mol. The molecule has 0 spiro atoms. The Bertz CT molecular complexity index is 752. The Kier molecular flexibility index (Phi) is 4.33. The number of carbonyl (C=O) groups excluding carboxylic acids is 1. The molecule has 0 radical (unpaired) electrons. The van der Waals surface area contributed by atoms with Crippen LogP contribution < -0.4 is 14.8 Å². The van der Waals surface area contributed by atoms with Crippen LogP contribution in [-0.4, -0.2) is 12.7 Å². The molecule has 1 heterocycles. The molecule has 1 atom stereocenters. The van der Waals surface area contributed by atoms with E-state index >= 15 is 0 Å². The Morgan fingerprint density at radius 2 is 1.96 bits per heavy atom. The molecule has 118 valence electrons. The highest BCUT2D eigenvalue weighted by Gasteiger charge is 2.13. The molecule has 0 saturated heterocycles. The van der Waals surface area contributed by atoms with Crippen molar-refractivity contribution in [2.75, 3.05) is 6.79 Å². The van der Waals surface area contributed by atoms with Crippen LogP contribution in [0.1, 0.15) is 29.7 Å². The summed E-state index contributed by atoms with van der Waals surface area (Å²) in [5.41, 5.74) is 3.19. The van der Waals surface area contributed by atoms with Crippen LogP contribution in [0.25, 0.3) is 6.08 Å². The van der Waals surface area contributed by atoms with E-state index < -0.39 is 0 Å². The van der Waals surface area contributed by atoms with Gasteiger partial charge in [0.2, 0.25) is 12.7 Å². The average Bonchev–Trinajstić information content (AvgIpc) is 3.01. The van der Waals surface area contributed by atoms with Crippen LogP contribution in [0.4, 0.5) is 0 Å². The number of nitrogens with one attached hydrogen (secondary N) is 1. The van der Waals surface area contributed by atoms with Crippen molar-refractivity contribution in [2.45, 2.75) is 19.9 Å². The second-order valence-corrected chi connectivity index (χ2v) is 5.53. The summed E-state index contributed by atoms with van der Waals surface area (Å²) in [5, 5.41) is 2.98. The summed E-state index contributed by atoms with van der Waals surface area (Å²) < 4.78 is 10.6. The summed E-state index contributed by atoms with van der Waals surface area (Å²) in [4.78, 5) is 12.1. The SMILES string of the molecule is Cc1ccccc1C(C)NC(=O)/C=C/c1ccc2c(c1)OCO2. The van der Waals surface area contributed by atoms with Crippen LogP contribution in [-0.2, 0) is 4.79 Å². The predicted octanol–water partition coefficient (Wildman–Crippen LogP) is 3.61. The van der Waals surface area contributed by atoms with Crippen molar-refractivity contribution in [3.63, 3.8) is 0 Å². The molecule has 2 aromatic rings. The molecule has 0 aliphatic carbocycles. The summed E-state index contributed by atoms with van der Waals surface area (Å²) >= 11 is 0. The molecule has 0 bridgehead atoms. The quantitative estimate of drug-likeness (QED) is 0.878. The summed E-state index contributed by atoms with van der Waals surface area (Å²) in [7, 11) is 0. The van der Waals surface area contributed by atoms with E-state index in [2.05, 4.69) is 5.32 Å². The molecule has 1 N–H and O–H groups in total. The van der Waals surface area contributed by atoms with E-state index in [0.29, 0.717) is 5.75 Å². The maximum atomic E-state index is 12.1. The highest BCUT2D eigenvalue weighted by atomic mass is 16.7. The highest BCUT2D eigenvalue weighted by molar-refractivity contribution is 5.92. The number of benzene rings is 2. The molecule has 0 aromatic heterocycles. The second-order valence-electron chi connectivity index (χ2n) is 5.53. The van der Waals surface area contributed by atoms with Crippen molar-refractivity contribution in [3.05, 3.63) is 65.2 Å². The molecular weight excluding hydrogens is 290 g/mol. The fourth-order valence-corrected chi connectivity index (χ4v) is 2.60. The van der Waals surface area contributed by atoms with Gasteiger partial charge in [0.1, 0.15) is 0 Å². The van der Waals surface area contributed by atoms with E-state index in [4.69, 9.17) is 9.47 Å². The molecule has 1 aliphatic rings. The van der Waals surface area contributed by atoms with Gasteiger partial charge in [-0.15, -0.1) is 0 Å². The van der Waals surface area contributed by atoms with Gasteiger partial charge in [0, 0.05) is 6.08 Å². The molecule has 2 aromatic carbocycles. The Morgan fingerprint density at radius 1 is 1.17 bits per heavy atom. The normalized spacial score (nSPS) is 14.0. The van der Waals surface area contributed by atoms with Gasteiger partial charge in [0.15, 0.2) is 11.5 Å². The van der Waals surface area contributed by atoms with Crippen molar-refractivity contribution in [3.8, 4) is 11.5 Å². The number of fused-ring (bicyclic) bond motifs is 1. The number of ether oxygens (including phenoxy) is 2. The molecule has 1 aliphatic heterocycles. The zero-order valence-electron chi connectivity index (χ0n) is 13.2. The number of hydrogen-bond donors (Lipinski definition) is 1. The van der Waals surface area contributed by atoms with E-state index in [1.54, 1.807) is 6.08 Å².